The normalized spacial score (nSPS) is 20.4. The number of rotatable bonds is 6. The van der Waals surface area contributed by atoms with E-state index in [1.807, 2.05) is 67.6 Å². The van der Waals surface area contributed by atoms with Crippen LogP contribution in [0.25, 0.3) is 21.6 Å². The number of halogens is 1. The highest BCUT2D eigenvalue weighted by atomic mass is 32.1. The van der Waals surface area contributed by atoms with Crippen molar-refractivity contribution in [3.05, 3.63) is 105 Å². The molecule has 5 heterocycles. The third-order valence-electron chi connectivity index (χ3n) is 9.87. The molecule has 48 heavy (non-hydrogen) atoms. The van der Waals surface area contributed by atoms with Crippen LogP contribution >= 0.6 is 11.3 Å². The number of carbonyl (C=O) groups is 2. The number of nitrogens with zero attached hydrogens (tertiary/aromatic N) is 6. The van der Waals surface area contributed by atoms with E-state index in [9.17, 15) is 23.9 Å². The highest BCUT2D eigenvalue weighted by Crippen LogP contribution is 2.40. The van der Waals surface area contributed by atoms with Gasteiger partial charge >= 0.3 is 0 Å². The van der Waals surface area contributed by atoms with Crippen LogP contribution in [0.5, 0.6) is 0 Å². The first kappa shape index (κ1) is 31.9. The van der Waals surface area contributed by atoms with Crippen LogP contribution in [0.3, 0.4) is 0 Å². The molecule has 248 valence electrons. The van der Waals surface area contributed by atoms with Crippen molar-refractivity contribution in [3.63, 3.8) is 0 Å². The molecule has 0 spiro atoms. The van der Waals surface area contributed by atoms with Gasteiger partial charge in [-0.2, -0.15) is 0 Å². The van der Waals surface area contributed by atoms with Crippen molar-refractivity contribution >= 4 is 34.2 Å². The van der Waals surface area contributed by atoms with Gasteiger partial charge in [0.05, 0.1) is 12.0 Å². The van der Waals surface area contributed by atoms with Gasteiger partial charge in [-0.1, -0.05) is 60.7 Å². The number of hydrogen-bond donors (Lipinski definition) is 1. The molecule has 12 heteroatoms. The van der Waals surface area contributed by atoms with E-state index in [0.29, 0.717) is 48.7 Å². The summed E-state index contributed by atoms with van der Waals surface area (Å²) in [6.45, 7) is 3.46. The lowest BCUT2D eigenvalue weighted by Gasteiger charge is -2.46. The van der Waals surface area contributed by atoms with E-state index in [1.54, 1.807) is 16.8 Å². The lowest BCUT2D eigenvalue weighted by Crippen LogP contribution is -2.61. The molecule has 2 atom stereocenters. The van der Waals surface area contributed by atoms with Crippen LogP contribution in [0.15, 0.2) is 78.0 Å². The summed E-state index contributed by atoms with van der Waals surface area (Å²) in [6.07, 6.45) is 4.06. The molecule has 3 aromatic heterocycles. The maximum Gasteiger partial charge on any atom is 0.265 e. The van der Waals surface area contributed by atoms with E-state index in [2.05, 4.69) is 9.97 Å². The Kier molecular flexibility index (Phi) is 8.46. The number of hydrogen-bond acceptors (Lipinski definition) is 7. The Hall–Kier alpha value is -4.68. The maximum atomic E-state index is 14.4. The summed E-state index contributed by atoms with van der Waals surface area (Å²) < 4.78 is 17.4. The number of benzene rings is 2. The number of piperidine rings is 2. The Morgan fingerprint density at radius 3 is 2.42 bits per heavy atom. The highest BCUT2D eigenvalue weighted by Gasteiger charge is 2.51. The van der Waals surface area contributed by atoms with E-state index < -0.39 is 22.9 Å². The van der Waals surface area contributed by atoms with Crippen LogP contribution in [-0.4, -0.2) is 77.6 Å². The van der Waals surface area contributed by atoms with Crippen LogP contribution in [0.2, 0.25) is 0 Å². The van der Waals surface area contributed by atoms with Gasteiger partial charge < -0.3 is 19.5 Å². The summed E-state index contributed by atoms with van der Waals surface area (Å²) in [4.78, 5) is 54.1. The van der Waals surface area contributed by atoms with Gasteiger partial charge in [-0.3, -0.25) is 19.0 Å². The van der Waals surface area contributed by atoms with E-state index in [0.717, 1.165) is 16.1 Å². The van der Waals surface area contributed by atoms with Crippen molar-refractivity contribution in [1.82, 2.24) is 28.9 Å². The summed E-state index contributed by atoms with van der Waals surface area (Å²) in [5.74, 6) is -1.62. The SMILES string of the molecule is Cc1nc(-c2ccccc2)sc1C(=O)N1CCC(O)(C(=O)N2CCC(Cn3cnc4c(c(F)cn4C)c3=O)CC2)C(c2ccccc2)C1. The van der Waals surface area contributed by atoms with Gasteiger partial charge in [0.1, 0.15) is 20.9 Å². The topological polar surface area (TPSA) is 114 Å². The average Bonchev–Trinajstić information content (AvgIpc) is 3.64. The molecule has 2 aromatic carbocycles. The second kappa shape index (κ2) is 12.7. The van der Waals surface area contributed by atoms with Crippen molar-refractivity contribution in [2.75, 3.05) is 26.2 Å². The van der Waals surface area contributed by atoms with Crippen molar-refractivity contribution in [2.45, 2.75) is 44.2 Å². The van der Waals surface area contributed by atoms with Crippen LogP contribution in [-0.2, 0) is 18.4 Å². The monoisotopic (exact) mass is 668 g/mol. The molecule has 2 unspecified atom stereocenters. The summed E-state index contributed by atoms with van der Waals surface area (Å²) in [5, 5.41) is 13.0. The highest BCUT2D eigenvalue weighted by molar-refractivity contribution is 7.17. The predicted molar refractivity (Wildman–Crippen MR) is 181 cm³/mol. The Balaban J connectivity index is 1.06. The van der Waals surface area contributed by atoms with Crippen LogP contribution in [0.4, 0.5) is 4.39 Å². The summed E-state index contributed by atoms with van der Waals surface area (Å²) in [5.41, 5.74) is 0.600. The third-order valence-corrected chi connectivity index (χ3v) is 11.1. The summed E-state index contributed by atoms with van der Waals surface area (Å²) >= 11 is 1.36. The molecule has 2 fully saturated rings. The summed E-state index contributed by atoms with van der Waals surface area (Å²) in [7, 11) is 1.65. The van der Waals surface area contributed by atoms with E-state index in [-0.39, 0.29) is 42.6 Å². The van der Waals surface area contributed by atoms with Crippen LogP contribution in [0, 0.1) is 18.7 Å². The Bertz CT molecular complexity index is 2040. The molecule has 0 bridgehead atoms. The lowest BCUT2D eigenvalue weighted by atomic mass is 9.75. The van der Waals surface area contributed by atoms with Gasteiger partial charge in [-0.05, 0) is 31.2 Å². The number of amides is 2. The Morgan fingerprint density at radius 2 is 1.71 bits per heavy atom. The number of thiazole rings is 1. The largest absolute Gasteiger partial charge is 0.379 e. The average molecular weight is 669 g/mol. The molecule has 1 N–H and O–H groups in total. The molecular weight excluding hydrogens is 631 g/mol. The molecular formula is C36H37FN6O4S. The fourth-order valence-corrected chi connectivity index (χ4v) is 8.18. The standard InChI is InChI=1S/C36H37FN6O4S/c1-23-30(48-32(39-23)26-11-7-4-8-12-26)34(45)42-18-15-36(47,27(20-42)25-9-5-3-6-10-25)35(46)41-16-13-24(14-17-41)19-43-22-38-31-29(33(43)44)28(37)21-40(31)2/h3-12,21-22,24,27,47H,13-20H2,1-2H3. The number of fused-ring (bicyclic) bond motifs is 1. The molecule has 2 aliphatic heterocycles. The van der Waals surface area contributed by atoms with Gasteiger partial charge in [0.2, 0.25) is 0 Å². The molecule has 0 aliphatic carbocycles. The van der Waals surface area contributed by atoms with Gasteiger partial charge in [-0.25, -0.2) is 14.4 Å². The number of aromatic nitrogens is 4. The Morgan fingerprint density at radius 1 is 1.02 bits per heavy atom. The zero-order valence-electron chi connectivity index (χ0n) is 26.9. The molecule has 2 saturated heterocycles. The Labute approximate surface area is 281 Å². The van der Waals surface area contributed by atoms with Crippen molar-refractivity contribution in [2.24, 2.45) is 13.0 Å². The van der Waals surface area contributed by atoms with Gasteiger partial charge in [0.25, 0.3) is 17.4 Å². The maximum absolute atomic E-state index is 14.4. The minimum absolute atomic E-state index is 0.0197. The quantitative estimate of drug-likeness (QED) is 0.283. The fourth-order valence-electron chi connectivity index (χ4n) is 7.15. The molecule has 7 rings (SSSR count). The smallest absolute Gasteiger partial charge is 0.265 e. The molecule has 10 nitrogen and oxygen atoms in total. The number of aliphatic hydroxyl groups is 1. The first-order valence-corrected chi connectivity index (χ1v) is 17.0. The van der Waals surface area contributed by atoms with Crippen LogP contribution < -0.4 is 5.56 Å². The van der Waals surface area contributed by atoms with E-state index in [1.165, 1.54) is 33.0 Å². The second-order valence-electron chi connectivity index (χ2n) is 12.9. The summed E-state index contributed by atoms with van der Waals surface area (Å²) in [6, 6.07) is 19.2. The molecule has 2 amide bonds. The van der Waals surface area contributed by atoms with E-state index >= 15 is 0 Å². The van der Waals surface area contributed by atoms with Gasteiger partial charge in [0, 0.05) is 63.9 Å². The molecule has 0 saturated carbocycles. The number of carbonyl (C=O) groups excluding carboxylic acids is 2. The third kappa shape index (κ3) is 5.73. The second-order valence-corrected chi connectivity index (χ2v) is 13.9. The predicted octanol–water partition coefficient (Wildman–Crippen LogP) is 4.61. The van der Waals surface area contributed by atoms with Crippen LogP contribution in [0.1, 0.15) is 46.1 Å². The number of aryl methyl sites for hydroxylation is 2. The minimum Gasteiger partial charge on any atom is -0.379 e. The van der Waals surface area contributed by atoms with Gasteiger partial charge in [0.15, 0.2) is 11.4 Å². The minimum atomic E-state index is -1.69. The fraction of sp³-hybridized carbons (Fsp3) is 0.361. The first-order valence-electron chi connectivity index (χ1n) is 16.2. The van der Waals surface area contributed by atoms with Gasteiger partial charge in [-0.15, -0.1) is 11.3 Å². The molecule has 2 aliphatic rings. The van der Waals surface area contributed by atoms with E-state index in [4.69, 9.17) is 0 Å². The zero-order chi connectivity index (χ0) is 33.6. The first-order chi connectivity index (χ1) is 23.1. The van der Waals surface area contributed by atoms with Crippen molar-refractivity contribution in [3.8, 4) is 10.6 Å². The molecule has 5 aromatic rings. The molecule has 0 radical (unpaired) electrons. The number of likely N-dealkylation sites (tertiary alicyclic amines) is 2. The van der Waals surface area contributed by atoms with Crippen molar-refractivity contribution < 1.29 is 19.1 Å². The lowest BCUT2D eigenvalue weighted by molar-refractivity contribution is -0.160. The van der Waals surface area contributed by atoms with Crippen molar-refractivity contribution in [1.29, 1.82) is 0 Å². The zero-order valence-corrected chi connectivity index (χ0v) is 27.7.